The van der Waals surface area contributed by atoms with Crippen LogP contribution in [-0.4, -0.2) is 25.0 Å². The number of nitriles is 1. The molecule has 0 aliphatic rings. The van der Waals surface area contributed by atoms with Gasteiger partial charge in [0.2, 0.25) is 0 Å². The summed E-state index contributed by atoms with van der Waals surface area (Å²) in [5, 5.41) is 11.2. The zero-order valence-electron chi connectivity index (χ0n) is 10.3. The lowest BCUT2D eigenvalue weighted by molar-refractivity contribution is -0.141. The number of carbonyl (C=O) groups excluding carboxylic acids is 2. The molecule has 0 aliphatic carbocycles. The topological polar surface area (TPSA) is 79.2 Å². The summed E-state index contributed by atoms with van der Waals surface area (Å²) in [6, 6.07) is 6.75. The molecule has 1 N–H and O–H groups in total. The van der Waals surface area contributed by atoms with Crippen LogP contribution in [0.4, 0.5) is 0 Å². The van der Waals surface area contributed by atoms with Crippen molar-refractivity contribution in [2.45, 2.75) is 13.8 Å². The van der Waals surface area contributed by atoms with Crippen molar-refractivity contribution in [2.75, 3.05) is 13.2 Å². The Morgan fingerprint density at radius 1 is 1.44 bits per heavy atom. The first kappa shape index (κ1) is 13.7. The van der Waals surface area contributed by atoms with E-state index >= 15 is 0 Å². The Labute approximate surface area is 105 Å². The number of carbonyl (C=O) groups is 2. The van der Waals surface area contributed by atoms with E-state index in [1.807, 2.05) is 6.07 Å². The lowest BCUT2D eigenvalue weighted by Gasteiger charge is -2.07. The highest BCUT2D eigenvalue weighted by Gasteiger charge is 2.11. The second-order valence-corrected chi connectivity index (χ2v) is 3.63. The van der Waals surface area contributed by atoms with Crippen LogP contribution in [0.25, 0.3) is 0 Å². The van der Waals surface area contributed by atoms with Crippen molar-refractivity contribution in [2.24, 2.45) is 0 Å². The summed E-state index contributed by atoms with van der Waals surface area (Å²) in [5.41, 5.74) is 1.63. The predicted molar refractivity (Wildman–Crippen MR) is 64.9 cm³/mol. The van der Waals surface area contributed by atoms with Crippen molar-refractivity contribution in [3.8, 4) is 6.07 Å². The highest BCUT2D eigenvalue weighted by molar-refractivity contribution is 5.97. The van der Waals surface area contributed by atoms with E-state index < -0.39 is 5.97 Å². The second kappa shape index (κ2) is 6.40. The Bertz CT molecular complexity index is 503. The van der Waals surface area contributed by atoms with E-state index in [2.05, 4.69) is 5.32 Å². The Morgan fingerprint density at radius 3 is 2.72 bits per heavy atom. The van der Waals surface area contributed by atoms with Crippen LogP contribution in [0.3, 0.4) is 0 Å². The van der Waals surface area contributed by atoms with Gasteiger partial charge in [0, 0.05) is 5.56 Å². The van der Waals surface area contributed by atoms with Crippen LogP contribution in [0.5, 0.6) is 0 Å². The first-order valence-corrected chi connectivity index (χ1v) is 5.53. The minimum absolute atomic E-state index is 0.161. The van der Waals surface area contributed by atoms with E-state index in [1.54, 1.807) is 32.0 Å². The van der Waals surface area contributed by atoms with E-state index in [4.69, 9.17) is 10.00 Å². The summed E-state index contributed by atoms with van der Waals surface area (Å²) in [6.07, 6.45) is 0. The van der Waals surface area contributed by atoms with Gasteiger partial charge in [-0.15, -0.1) is 0 Å². The largest absolute Gasteiger partial charge is 0.465 e. The fraction of sp³-hybridized carbons (Fsp3) is 0.308. The molecule has 5 heteroatoms. The van der Waals surface area contributed by atoms with Crippen molar-refractivity contribution in [1.29, 1.82) is 5.26 Å². The standard InChI is InChI=1S/C13H14N2O3/c1-3-18-12(16)8-15-13(17)11-5-4-10(7-14)6-9(11)2/h4-6H,3,8H2,1-2H3,(H,15,17). The van der Waals surface area contributed by atoms with Crippen molar-refractivity contribution >= 4 is 11.9 Å². The number of aryl methyl sites for hydroxylation is 1. The van der Waals surface area contributed by atoms with Crippen molar-refractivity contribution < 1.29 is 14.3 Å². The molecule has 0 radical (unpaired) electrons. The molecule has 0 unspecified atom stereocenters. The zero-order valence-corrected chi connectivity index (χ0v) is 10.3. The van der Waals surface area contributed by atoms with Crippen molar-refractivity contribution in [3.63, 3.8) is 0 Å². The van der Waals surface area contributed by atoms with Crippen LogP contribution in [0.1, 0.15) is 28.4 Å². The number of amides is 1. The van der Waals surface area contributed by atoms with Gasteiger partial charge < -0.3 is 10.1 Å². The van der Waals surface area contributed by atoms with Gasteiger partial charge in [-0.2, -0.15) is 5.26 Å². The Kier molecular flexibility index (Phi) is 4.88. The molecule has 0 fully saturated rings. The number of nitrogens with zero attached hydrogens (tertiary/aromatic N) is 1. The fourth-order valence-corrected chi connectivity index (χ4v) is 1.45. The van der Waals surface area contributed by atoms with E-state index in [0.29, 0.717) is 16.7 Å². The third-order valence-corrected chi connectivity index (χ3v) is 2.30. The van der Waals surface area contributed by atoms with Crippen molar-refractivity contribution in [3.05, 3.63) is 34.9 Å². The summed E-state index contributed by atoms with van der Waals surface area (Å²) >= 11 is 0. The van der Waals surface area contributed by atoms with E-state index in [1.165, 1.54) is 0 Å². The molecule has 0 saturated carbocycles. The molecule has 94 valence electrons. The molecule has 1 amide bonds. The fourth-order valence-electron chi connectivity index (χ4n) is 1.45. The summed E-state index contributed by atoms with van der Waals surface area (Å²) in [4.78, 5) is 22.9. The van der Waals surface area contributed by atoms with Gasteiger partial charge >= 0.3 is 5.97 Å². The number of hydrogen-bond donors (Lipinski definition) is 1. The molecule has 1 aromatic carbocycles. The van der Waals surface area contributed by atoms with Gasteiger partial charge in [-0.05, 0) is 37.6 Å². The smallest absolute Gasteiger partial charge is 0.325 e. The van der Waals surface area contributed by atoms with Gasteiger partial charge in [0.1, 0.15) is 6.54 Å². The Balaban J connectivity index is 2.68. The number of benzene rings is 1. The quantitative estimate of drug-likeness (QED) is 0.808. The zero-order chi connectivity index (χ0) is 13.5. The van der Waals surface area contributed by atoms with Crippen LogP contribution in [-0.2, 0) is 9.53 Å². The van der Waals surface area contributed by atoms with Crippen molar-refractivity contribution in [1.82, 2.24) is 5.32 Å². The van der Waals surface area contributed by atoms with E-state index in [-0.39, 0.29) is 19.1 Å². The molecule has 0 bridgehead atoms. The number of ether oxygens (including phenoxy) is 1. The van der Waals surface area contributed by atoms with Gasteiger partial charge in [0.25, 0.3) is 5.91 Å². The lowest BCUT2D eigenvalue weighted by atomic mass is 10.1. The van der Waals surface area contributed by atoms with Crippen LogP contribution in [0.15, 0.2) is 18.2 Å². The highest BCUT2D eigenvalue weighted by atomic mass is 16.5. The van der Waals surface area contributed by atoms with E-state index in [9.17, 15) is 9.59 Å². The molecule has 0 saturated heterocycles. The molecule has 1 rings (SSSR count). The minimum Gasteiger partial charge on any atom is -0.465 e. The Morgan fingerprint density at radius 2 is 2.17 bits per heavy atom. The minimum atomic E-state index is -0.475. The maximum Gasteiger partial charge on any atom is 0.325 e. The predicted octanol–water partition coefficient (Wildman–Crippen LogP) is 1.16. The monoisotopic (exact) mass is 246 g/mol. The SMILES string of the molecule is CCOC(=O)CNC(=O)c1ccc(C#N)cc1C. The highest BCUT2D eigenvalue weighted by Crippen LogP contribution is 2.10. The molecule has 5 nitrogen and oxygen atoms in total. The third-order valence-electron chi connectivity index (χ3n) is 2.30. The maximum atomic E-state index is 11.8. The number of esters is 1. The second-order valence-electron chi connectivity index (χ2n) is 3.63. The lowest BCUT2D eigenvalue weighted by Crippen LogP contribution is -2.31. The van der Waals surface area contributed by atoms with Gasteiger partial charge in [-0.25, -0.2) is 0 Å². The first-order chi connectivity index (χ1) is 8.58. The maximum absolute atomic E-state index is 11.8. The van der Waals surface area contributed by atoms with Gasteiger partial charge in [-0.3, -0.25) is 9.59 Å². The molecule has 1 aromatic rings. The van der Waals surface area contributed by atoms with E-state index in [0.717, 1.165) is 0 Å². The number of hydrogen-bond acceptors (Lipinski definition) is 4. The van der Waals surface area contributed by atoms with Crippen LogP contribution < -0.4 is 5.32 Å². The summed E-state index contributed by atoms with van der Waals surface area (Å²) in [5.74, 6) is -0.831. The first-order valence-electron chi connectivity index (χ1n) is 5.53. The molecule has 18 heavy (non-hydrogen) atoms. The molecule has 0 atom stereocenters. The van der Waals surface area contributed by atoms with Crippen LogP contribution >= 0.6 is 0 Å². The molecule has 0 heterocycles. The normalized spacial score (nSPS) is 9.39. The summed E-state index contributed by atoms with van der Waals surface area (Å²) in [7, 11) is 0. The van der Waals surface area contributed by atoms with Gasteiger partial charge in [0.15, 0.2) is 0 Å². The Hall–Kier alpha value is -2.35. The van der Waals surface area contributed by atoms with Gasteiger partial charge in [0.05, 0.1) is 18.2 Å². The molecular weight excluding hydrogens is 232 g/mol. The van der Waals surface area contributed by atoms with Crippen LogP contribution in [0.2, 0.25) is 0 Å². The molecule has 0 spiro atoms. The third kappa shape index (κ3) is 3.59. The number of rotatable bonds is 4. The molecular formula is C13H14N2O3. The number of nitrogens with one attached hydrogen (secondary N) is 1. The molecule has 0 aliphatic heterocycles. The van der Waals surface area contributed by atoms with Gasteiger partial charge in [-0.1, -0.05) is 0 Å². The average molecular weight is 246 g/mol. The average Bonchev–Trinajstić information content (AvgIpc) is 2.36. The molecule has 0 aromatic heterocycles. The van der Waals surface area contributed by atoms with Crippen LogP contribution in [0, 0.1) is 18.3 Å². The summed E-state index contributed by atoms with van der Waals surface area (Å²) in [6.45, 7) is 3.56. The summed E-state index contributed by atoms with van der Waals surface area (Å²) < 4.78 is 4.70.